The van der Waals surface area contributed by atoms with E-state index in [4.69, 9.17) is 10.5 Å². The third-order valence-electron chi connectivity index (χ3n) is 4.50. The lowest BCUT2D eigenvalue weighted by atomic mass is 9.79. The number of rotatable bonds is 3. The molecule has 2 saturated carbocycles. The van der Waals surface area contributed by atoms with Crippen LogP contribution in [0.1, 0.15) is 24.3 Å². The van der Waals surface area contributed by atoms with Crippen LogP contribution in [0.5, 0.6) is 5.75 Å². The van der Waals surface area contributed by atoms with Gasteiger partial charge in [0.2, 0.25) is 0 Å². The lowest BCUT2D eigenvalue weighted by Crippen LogP contribution is -2.14. The van der Waals surface area contributed by atoms with Gasteiger partial charge in [-0.2, -0.15) is 0 Å². The van der Waals surface area contributed by atoms with Crippen molar-refractivity contribution < 1.29 is 4.74 Å². The topological polar surface area (TPSA) is 48.1 Å². The van der Waals surface area contributed by atoms with Crippen molar-refractivity contribution in [2.24, 2.45) is 11.8 Å². The number of nitrogen functional groups attached to an aromatic ring is 1. The Hall–Kier alpha value is -1.55. The van der Waals surface area contributed by atoms with E-state index in [1.807, 2.05) is 5.38 Å². The molecule has 0 aliphatic heterocycles. The van der Waals surface area contributed by atoms with Gasteiger partial charge in [-0.15, -0.1) is 11.3 Å². The van der Waals surface area contributed by atoms with Crippen molar-refractivity contribution in [2.75, 3.05) is 12.8 Å². The van der Waals surface area contributed by atoms with Crippen LogP contribution in [-0.4, -0.2) is 12.1 Å². The Morgan fingerprint density at radius 3 is 2.84 bits per heavy atom. The predicted octanol–water partition coefficient (Wildman–Crippen LogP) is 3.52. The van der Waals surface area contributed by atoms with E-state index in [1.165, 1.54) is 29.7 Å². The zero-order chi connectivity index (χ0) is 13.0. The summed E-state index contributed by atoms with van der Waals surface area (Å²) < 4.78 is 5.52. The van der Waals surface area contributed by atoms with E-state index in [9.17, 15) is 0 Å². The molecule has 2 fully saturated rings. The maximum Gasteiger partial charge on any atom is 0.180 e. The van der Waals surface area contributed by atoms with Crippen LogP contribution >= 0.6 is 11.3 Å². The molecule has 4 heteroatoms. The molecule has 0 amide bonds. The zero-order valence-corrected chi connectivity index (χ0v) is 11.6. The van der Waals surface area contributed by atoms with Gasteiger partial charge in [-0.25, -0.2) is 4.98 Å². The SMILES string of the molecule is COc1ccc(-c2csc(N)n2)cc1C1CC2CC21. The number of hydrogen-bond acceptors (Lipinski definition) is 4. The summed E-state index contributed by atoms with van der Waals surface area (Å²) in [6.07, 6.45) is 2.73. The Bertz CT molecular complexity index is 637. The molecule has 1 aromatic carbocycles. The molecule has 3 atom stereocenters. The summed E-state index contributed by atoms with van der Waals surface area (Å²) in [4.78, 5) is 4.37. The molecule has 4 rings (SSSR count). The van der Waals surface area contributed by atoms with Gasteiger partial charge in [0.15, 0.2) is 5.13 Å². The lowest BCUT2D eigenvalue weighted by molar-refractivity contribution is 0.357. The van der Waals surface area contributed by atoms with Gasteiger partial charge in [0.25, 0.3) is 0 Å². The van der Waals surface area contributed by atoms with Gasteiger partial charge in [0.05, 0.1) is 12.8 Å². The molecule has 1 heterocycles. The average molecular weight is 272 g/mol. The summed E-state index contributed by atoms with van der Waals surface area (Å²) in [7, 11) is 1.75. The van der Waals surface area contributed by atoms with Crippen molar-refractivity contribution in [2.45, 2.75) is 18.8 Å². The van der Waals surface area contributed by atoms with Gasteiger partial charge in [-0.3, -0.25) is 0 Å². The van der Waals surface area contributed by atoms with Crippen LogP contribution in [0.15, 0.2) is 23.6 Å². The van der Waals surface area contributed by atoms with Gasteiger partial charge in [-0.05, 0) is 54.4 Å². The summed E-state index contributed by atoms with van der Waals surface area (Å²) in [5, 5.41) is 2.64. The smallest absolute Gasteiger partial charge is 0.180 e. The first-order valence-corrected chi connectivity index (χ1v) is 7.53. The third kappa shape index (κ3) is 1.74. The quantitative estimate of drug-likeness (QED) is 0.930. The number of benzene rings is 1. The molecular formula is C15H16N2OS. The van der Waals surface area contributed by atoms with Gasteiger partial charge < -0.3 is 10.5 Å². The summed E-state index contributed by atoms with van der Waals surface area (Å²) in [6.45, 7) is 0. The standard InChI is InChI=1S/C15H16N2OS/c1-18-14-3-2-8(13-7-19-15(16)17-13)4-12(14)11-6-9-5-10(9)11/h2-4,7,9-11H,5-6H2,1H3,(H2,16,17). The summed E-state index contributed by atoms with van der Waals surface area (Å²) in [5.41, 5.74) is 9.19. The molecular weight excluding hydrogens is 256 g/mol. The molecule has 3 unspecified atom stereocenters. The van der Waals surface area contributed by atoms with Crippen LogP contribution in [0.2, 0.25) is 0 Å². The third-order valence-corrected chi connectivity index (χ3v) is 5.17. The minimum atomic E-state index is 0.623. The molecule has 0 bridgehead atoms. The highest BCUT2D eigenvalue weighted by Gasteiger charge is 2.54. The van der Waals surface area contributed by atoms with Gasteiger partial charge in [0.1, 0.15) is 5.75 Å². The number of thiazole rings is 1. The fourth-order valence-corrected chi connectivity index (χ4v) is 3.87. The number of ether oxygens (including phenoxy) is 1. The number of methoxy groups -OCH3 is 1. The van der Waals surface area contributed by atoms with E-state index in [1.54, 1.807) is 7.11 Å². The minimum absolute atomic E-state index is 0.623. The summed E-state index contributed by atoms with van der Waals surface area (Å²) >= 11 is 1.49. The van der Waals surface area contributed by atoms with E-state index in [0.717, 1.165) is 28.8 Å². The second-order valence-electron chi connectivity index (χ2n) is 5.53. The highest BCUT2D eigenvalue weighted by Crippen LogP contribution is 2.65. The highest BCUT2D eigenvalue weighted by atomic mass is 32.1. The Balaban J connectivity index is 1.75. The van der Waals surface area contributed by atoms with Crippen molar-refractivity contribution in [3.05, 3.63) is 29.1 Å². The van der Waals surface area contributed by atoms with Crippen molar-refractivity contribution in [3.63, 3.8) is 0 Å². The molecule has 1 aromatic heterocycles. The summed E-state index contributed by atoms with van der Waals surface area (Å²) in [6, 6.07) is 6.38. The van der Waals surface area contributed by atoms with Crippen LogP contribution in [0.25, 0.3) is 11.3 Å². The molecule has 0 saturated heterocycles. The monoisotopic (exact) mass is 272 g/mol. The molecule has 19 heavy (non-hydrogen) atoms. The Kier molecular flexibility index (Phi) is 2.36. The Morgan fingerprint density at radius 1 is 1.37 bits per heavy atom. The number of fused-ring (bicyclic) bond motifs is 1. The molecule has 3 nitrogen and oxygen atoms in total. The van der Waals surface area contributed by atoms with E-state index in [0.29, 0.717) is 11.0 Å². The van der Waals surface area contributed by atoms with E-state index in [-0.39, 0.29) is 0 Å². The van der Waals surface area contributed by atoms with Crippen molar-refractivity contribution in [3.8, 4) is 17.0 Å². The van der Waals surface area contributed by atoms with Crippen LogP contribution < -0.4 is 10.5 Å². The van der Waals surface area contributed by atoms with Crippen molar-refractivity contribution in [1.82, 2.24) is 4.98 Å². The molecule has 2 N–H and O–H groups in total. The van der Waals surface area contributed by atoms with Crippen LogP contribution in [0, 0.1) is 11.8 Å². The lowest BCUT2D eigenvalue weighted by Gasteiger charge is -2.27. The van der Waals surface area contributed by atoms with Crippen LogP contribution in [-0.2, 0) is 0 Å². The second-order valence-corrected chi connectivity index (χ2v) is 6.42. The number of hydrogen-bond donors (Lipinski definition) is 1. The molecule has 98 valence electrons. The van der Waals surface area contributed by atoms with Gasteiger partial charge >= 0.3 is 0 Å². The molecule has 2 aromatic rings. The Labute approximate surface area is 116 Å². The Morgan fingerprint density at radius 2 is 2.26 bits per heavy atom. The zero-order valence-electron chi connectivity index (χ0n) is 10.8. The highest BCUT2D eigenvalue weighted by molar-refractivity contribution is 7.13. The largest absolute Gasteiger partial charge is 0.496 e. The number of aromatic nitrogens is 1. The van der Waals surface area contributed by atoms with Gasteiger partial charge in [-0.1, -0.05) is 0 Å². The fourth-order valence-electron chi connectivity index (χ4n) is 3.30. The first-order chi connectivity index (χ1) is 9.26. The van der Waals surface area contributed by atoms with E-state index in [2.05, 4.69) is 23.2 Å². The van der Waals surface area contributed by atoms with Crippen molar-refractivity contribution >= 4 is 16.5 Å². The fraction of sp³-hybridized carbons (Fsp3) is 0.400. The summed E-state index contributed by atoms with van der Waals surface area (Å²) in [5.74, 6) is 3.61. The predicted molar refractivity (Wildman–Crippen MR) is 77.5 cm³/mol. The molecule has 2 aliphatic carbocycles. The first-order valence-electron chi connectivity index (χ1n) is 6.65. The first kappa shape index (κ1) is 11.3. The molecule has 0 radical (unpaired) electrons. The molecule has 0 spiro atoms. The van der Waals surface area contributed by atoms with Gasteiger partial charge in [0, 0.05) is 10.9 Å². The molecule has 2 aliphatic rings. The average Bonchev–Trinajstić information content (AvgIpc) is 2.84. The van der Waals surface area contributed by atoms with Crippen LogP contribution in [0.4, 0.5) is 5.13 Å². The number of nitrogens with zero attached hydrogens (tertiary/aromatic N) is 1. The van der Waals surface area contributed by atoms with E-state index >= 15 is 0 Å². The second kappa shape index (κ2) is 3.97. The maximum atomic E-state index is 5.72. The van der Waals surface area contributed by atoms with E-state index < -0.39 is 0 Å². The number of nitrogens with two attached hydrogens (primary N) is 1. The number of anilines is 1. The van der Waals surface area contributed by atoms with Crippen LogP contribution in [0.3, 0.4) is 0 Å². The minimum Gasteiger partial charge on any atom is -0.496 e. The normalized spacial score (nSPS) is 27.5. The maximum absolute atomic E-state index is 5.72. The van der Waals surface area contributed by atoms with Crippen molar-refractivity contribution in [1.29, 1.82) is 0 Å².